The van der Waals surface area contributed by atoms with Crippen LogP contribution in [0, 0.1) is 5.92 Å². The van der Waals surface area contributed by atoms with Crippen molar-refractivity contribution >= 4 is 21.8 Å². The number of sulfonamides is 1. The van der Waals surface area contributed by atoms with Crippen molar-refractivity contribution in [3.63, 3.8) is 0 Å². The summed E-state index contributed by atoms with van der Waals surface area (Å²) in [5, 5.41) is 6.33. The van der Waals surface area contributed by atoms with Crippen molar-refractivity contribution in [3.8, 4) is 0 Å². The average molecular weight is 381 g/mol. The Hall–Kier alpha value is -1.87. The molecule has 144 valence electrons. The second-order valence-electron chi connectivity index (χ2n) is 6.71. The first-order chi connectivity index (χ1) is 12.6. The van der Waals surface area contributed by atoms with Gasteiger partial charge in [-0.2, -0.15) is 4.31 Å². The fraction of sp³-hybridized carbons (Fsp3) is 0.647. The van der Waals surface area contributed by atoms with E-state index in [9.17, 15) is 8.42 Å². The Labute approximate surface area is 155 Å². The molecule has 0 radical (unpaired) electrons. The lowest BCUT2D eigenvalue weighted by Crippen LogP contribution is -2.50. The monoisotopic (exact) mass is 380 g/mol. The van der Waals surface area contributed by atoms with Crippen molar-refractivity contribution in [2.45, 2.75) is 12.8 Å². The minimum absolute atomic E-state index is 0.0702. The van der Waals surface area contributed by atoms with Gasteiger partial charge in [0.2, 0.25) is 10.0 Å². The van der Waals surface area contributed by atoms with Crippen molar-refractivity contribution in [3.05, 3.63) is 24.4 Å². The summed E-state index contributed by atoms with van der Waals surface area (Å²) in [6.45, 7) is 3.57. The van der Waals surface area contributed by atoms with Gasteiger partial charge in [0.25, 0.3) is 0 Å². The van der Waals surface area contributed by atoms with Crippen LogP contribution in [0.5, 0.6) is 0 Å². The largest absolute Gasteiger partial charge is 0.356 e. The maximum Gasteiger partial charge on any atom is 0.215 e. The molecule has 2 aliphatic rings. The summed E-state index contributed by atoms with van der Waals surface area (Å²) in [6.07, 6.45) is 4.29. The topological polar surface area (TPSA) is 89.9 Å². The van der Waals surface area contributed by atoms with Crippen LogP contribution in [0.1, 0.15) is 12.8 Å². The Morgan fingerprint density at radius 3 is 2.62 bits per heavy atom. The number of hydrogen-bond acceptors (Lipinski definition) is 5. The first kappa shape index (κ1) is 18.9. The van der Waals surface area contributed by atoms with E-state index in [0.29, 0.717) is 38.7 Å². The van der Waals surface area contributed by atoms with Crippen LogP contribution >= 0.6 is 0 Å². The summed E-state index contributed by atoms with van der Waals surface area (Å²) >= 11 is 0. The molecule has 0 unspecified atom stereocenters. The Balaban J connectivity index is 1.42. The summed E-state index contributed by atoms with van der Waals surface area (Å²) in [4.78, 5) is 10.6. The molecule has 1 saturated carbocycles. The average Bonchev–Trinajstić information content (AvgIpc) is 3.50. The molecule has 1 aromatic heterocycles. The number of piperazine rings is 1. The number of anilines is 1. The van der Waals surface area contributed by atoms with E-state index in [2.05, 4.69) is 25.5 Å². The van der Waals surface area contributed by atoms with Gasteiger partial charge in [-0.15, -0.1) is 0 Å². The van der Waals surface area contributed by atoms with Crippen molar-refractivity contribution in [2.24, 2.45) is 10.9 Å². The van der Waals surface area contributed by atoms with E-state index in [-0.39, 0.29) is 5.75 Å². The maximum atomic E-state index is 12.6. The van der Waals surface area contributed by atoms with Crippen LogP contribution < -0.4 is 15.5 Å². The molecule has 2 heterocycles. The highest BCUT2D eigenvalue weighted by Gasteiger charge is 2.27. The fourth-order valence-corrected chi connectivity index (χ4v) is 4.29. The molecule has 2 N–H and O–H groups in total. The molecule has 0 atom stereocenters. The Kier molecular flexibility index (Phi) is 6.31. The van der Waals surface area contributed by atoms with Crippen molar-refractivity contribution in [1.82, 2.24) is 19.9 Å². The van der Waals surface area contributed by atoms with Crippen molar-refractivity contribution in [2.75, 3.05) is 57.0 Å². The highest BCUT2D eigenvalue weighted by atomic mass is 32.2. The van der Waals surface area contributed by atoms with Gasteiger partial charge in [0.05, 0.1) is 5.75 Å². The number of rotatable bonds is 7. The van der Waals surface area contributed by atoms with E-state index in [1.807, 2.05) is 18.2 Å². The Morgan fingerprint density at radius 1 is 1.23 bits per heavy atom. The lowest BCUT2D eigenvalue weighted by Gasteiger charge is -2.34. The highest BCUT2D eigenvalue weighted by molar-refractivity contribution is 7.89. The van der Waals surface area contributed by atoms with Gasteiger partial charge in [0.15, 0.2) is 5.96 Å². The first-order valence-electron chi connectivity index (χ1n) is 9.17. The lowest BCUT2D eigenvalue weighted by molar-refractivity contribution is 0.384. The second-order valence-corrected chi connectivity index (χ2v) is 8.80. The molecule has 2 fully saturated rings. The summed E-state index contributed by atoms with van der Waals surface area (Å²) in [6, 6.07) is 5.78. The molecule has 1 saturated heterocycles. The van der Waals surface area contributed by atoms with Gasteiger partial charge in [0.1, 0.15) is 5.82 Å². The molecular weight excluding hydrogens is 352 g/mol. The molecule has 3 rings (SSSR count). The van der Waals surface area contributed by atoms with Gasteiger partial charge >= 0.3 is 0 Å². The molecular formula is C17H28N6O2S. The third kappa shape index (κ3) is 5.31. The molecule has 1 aromatic rings. The summed E-state index contributed by atoms with van der Waals surface area (Å²) in [5.41, 5.74) is 0. The van der Waals surface area contributed by atoms with E-state index in [1.165, 1.54) is 12.8 Å². The smallest absolute Gasteiger partial charge is 0.215 e. The summed E-state index contributed by atoms with van der Waals surface area (Å²) < 4.78 is 26.7. The minimum atomic E-state index is -3.27. The van der Waals surface area contributed by atoms with E-state index in [1.54, 1.807) is 17.5 Å². The van der Waals surface area contributed by atoms with Gasteiger partial charge in [0, 0.05) is 52.5 Å². The molecule has 1 aliphatic heterocycles. The van der Waals surface area contributed by atoms with Crippen LogP contribution in [0.3, 0.4) is 0 Å². The standard InChI is InChI=1S/C17H28N6O2S/c1-18-17(21-14-15-5-6-15)20-8-13-26(24,25)23-11-9-22(10-12-23)16-4-2-3-7-19-16/h2-4,7,15H,5-6,8-14H2,1H3,(H2,18,20,21). The minimum Gasteiger partial charge on any atom is -0.356 e. The van der Waals surface area contributed by atoms with Gasteiger partial charge in [-0.1, -0.05) is 6.07 Å². The van der Waals surface area contributed by atoms with Crippen LogP contribution in [-0.2, 0) is 10.0 Å². The second kappa shape index (κ2) is 8.68. The molecule has 0 spiro atoms. The molecule has 0 aromatic carbocycles. The zero-order chi connectivity index (χ0) is 18.4. The maximum absolute atomic E-state index is 12.6. The number of aromatic nitrogens is 1. The first-order valence-corrected chi connectivity index (χ1v) is 10.8. The van der Waals surface area contributed by atoms with Gasteiger partial charge in [-0.05, 0) is 30.9 Å². The van der Waals surface area contributed by atoms with Crippen LogP contribution in [0.25, 0.3) is 0 Å². The zero-order valence-corrected chi connectivity index (χ0v) is 16.1. The van der Waals surface area contributed by atoms with Crippen LogP contribution in [0.4, 0.5) is 5.82 Å². The molecule has 0 amide bonds. The number of pyridine rings is 1. The van der Waals surface area contributed by atoms with E-state index < -0.39 is 10.0 Å². The SMILES string of the molecule is CN=C(NCCS(=O)(=O)N1CCN(c2ccccn2)CC1)NCC1CC1. The predicted octanol–water partition coefficient (Wildman–Crippen LogP) is 0.108. The lowest BCUT2D eigenvalue weighted by atomic mass is 10.3. The zero-order valence-electron chi connectivity index (χ0n) is 15.3. The summed E-state index contributed by atoms with van der Waals surface area (Å²) in [7, 11) is -1.57. The molecule has 8 nitrogen and oxygen atoms in total. The molecule has 1 aliphatic carbocycles. The Bertz CT molecular complexity index is 697. The van der Waals surface area contributed by atoms with Crippen LogP contribution in [-0.4, -0.2) is 75.7 Å². The highest BCUT2D eigenvalue weighted by Crippen LogP contribution is 2.27. The van der Waals surface area contributed by atoms with Gasteiger partial charge in [-0.25, -0.2) is 13.4 Å². The normalized spacial score (nSPS) is 19.4. The van der Waals surface area contributed by atoms with Crippen LogP contribution in [0.2, 0.25) is 0 Å². The quantitative estimate of drug-likeness (QED) is 0.515. The van der Waals surface area contributed by atoms with E-state index in [0.717, 1.165) is 18.3 Å². The predicted molar refractivity (Wildman–Crippen MR) is 104 cm³/mol. The third-order valence-electron chi connectivity index (χ3n) is 4.74. The molecule has 9 heteroatoms. The number of aliphatic imine (C=N–C) groups is 1. The van der Waals surface area contributed by atoms with Crippen LogP contribution in [0.15, 0.2) is 29.4 Å². The summed E-state index contributed by atoms with van der Waals surface area (Å²) in [5.74, 6) is 2.39. The molecule has 26 heavy (non-hydrogen) atoms. The van der Waals surface area contributed by atoms with Gasteiger partial charge in [-0.3, -0.25) is 4.99 Å². The number of guanidine groups is 1. The Morgan fingerprint density at radius 2 is 2.00 bits per heavy atom. The van der Waals surface area contributed by atoms with Gasteiger partial charge < -0.3 is 15.5 Å². The van der Waals surface area contributed by atoms with Crippen molar-refractivity contribution < 1.29 is 8.42 Å². The number of hydrogen-bond donors (Lipinski definition) is 2. The van der Waals surface area contributed by atoms with E-state index >= 15 is 0 Å². The fourth-order valence-electron chi connectivity index (χ4n) is 2.95. The molecule has 0 bridgehead atoms. The van der Waals surface area contributed by atoms with Crippen molar-refractivity contribution in [1.29, 1.82) is 0 Å². The number of nitrogens with zero attached hydrogens (tertiary/aromatic N) is 4. The third-order valence-corrected chi connectivity index (χ3v) is 6.61. The van der Waals surface area contributed by atoms with E-state index in [4.69, 9.17) is 0 Å². The number of nitrogens with one attached hydrogen (secondary N) is 2.